The lowest BCUT2D eigenvalue weighted by Crippen LogP contribution is -2.36. The van der Waals surface area contributed by atoms with Crippen LogP contribution in [0.3, 0.4) is 0 Å². The fraction of sp³-hybridized carbons (Fsp3) is 0.138. The molecule has 0 saturated carbocycles. The quantitative estimate of drug-likeness (QED) is 0.261. The van der Waals surface area contributed by atoms with Crippen LogP contribution in [0.2, 0.25) is 0 Å². The summed E-state index contributed by atoms with van der Waals surface area (Å²) in [5.74, 6) is -0.249. The normalized spacial score (nSPS) is 13.0. The number of carbonyl (C=O) groups excluding carboxylic acids is 1. The van der Waals surface area contributed by atoms with Crippen molar-refractivity contribution in [1.82, 2.24) is 9.97 Å². The number of amides is 1. The zero-order chi connectivity index (χ0) is 26.3. The standard InChI is InChI=1S/C29H27FN6O2/c1-2-27(37)33-22-10-6-7-20(17-22)28-25(32-21-8-4-3-5-9-21)19-31-29(35-28)34-23-11-12-24(30)26(18-23)36-13-15-38-16-14-36/h2-12,17-19,32H,1,13-16H2,(H,33,37)(H,31,34,35). The largest absolute Gasteiger partial charge is 0.378 e. The second-order valence-electron chi connectivity index (χ2n) is 8.61. The molecule has 0 unspecified atom stereocenters. The number of hydrogen-bond acceptors (Lipinski definition) is 7. The van der Waals surface area contributed by atoms with Gasteiger partial charge in [-0.15, -0.1) is 0 Å². The van der Waals surface area contributed by atoms with Crippen molar-refractivity contribution in [3.63, 3.8) is 0 Å². The predicted octanol–water partition coefficient (Wildman–Crippen LogP) is 5.73. The van der Waals surface area contributed by atoms with Crippen LogP contribution in [0.1, 0.15) is 0 Å². The molecular weight excluding hydrogens is 483 g/mol. The summed E-state index contributed by atoms with van der Waals surface area (Å²) < 4.78 is 20.0. The summed E-state index contributed by atoms with van der Waals surface area (Å²) in [5.41, 5.74) is 4.73. The van der Waals surface area contributed by atoms with E-state index in [2.05, 4.69) is 27.5 Å². The first-order valence-electron chi connectivity index (χ1n) is 12.2. The number of nitrogens with zero attached hydrogens (tertiary/aromatic N) is 3. The van der Waals surface area contributed by atoms with Crippen LogP contribution in [0.4, 0.5) is 38.8 Å². The molecule has 192 valence electrons. The van der Waals surface area contributed by atoms with Crippen molar-refractivity contribution in [2.24, 2.45) is 0 Å². The first kappa shape index (κ1) is 24.9. The van der Waals surface area contributed by atoms with E-state index in [1.807, 2.05) is 53.4 Å². The van der Waals surface area contributed by atoms with Gasteiger partial charge in [-0.2, -0.15) is 0 Å². The van der Waals surface area contributed by atoms with Gasteiger partial charge >= 0.3 is 0 Å². The number of rotatable bonds is 8. The van der Waals surface area contributed by atoms with Gasteiger partial charge < -0.3 is 25.6 Å². The first-order chi connectivity index (χ1) is 18.6. The van der Waals surface area contributed by atoms with Gasteiger partial charge in [-0.1, -0.05) is 36.9 Å². The van der Waals surface area contributed by atoms with Crippen LogP contribution < -0.4 is 20.9 Å². The molecule has 0 aliphatic carbocycles. The maximum Gasteiger partial charge on any atom is 0.247 e. The Morgan fingerprint density at radius 3 is 2.53 bits per heavy atom. The molecule has 2 heterocycles. The van der Waals surface area contributed by atoms with E-state index >= 15 is 0 Å². The average Bonchev–Trinajstić information content (AvgIpc) is 2.96. The second kappa shape index (κ2) is 11.5. The van der Waals surface area contributed by atoms with Crippen molar-refractivity contribution in [3.8, 4) is 11.3 Å². The number of ether oxygens (including phenoxy) is 1. The summed E-state index contributed by atoms with van der Waals surface area (Å²) in [4.78, 5) is 23.1. The summed E-state index contributed by atoms with van der Waals surface area (Å²) in [7, 11) is 0. The Morgan fingerprint density at radius 1 is 0.947 bits per heavy atom. The minimum absolute atomic E-state index is 0.292. The number of anilines is 6. The van der Waals surface area contributed by atoms with E-state index < -0.39 is 0 Å². The molecule has 8 nitrogen and oxygen atoms in total. The number of aromatic nitrogens is 2. The highest BCUT2D eigenvalue weighted by Crippen LogP contribution is 2.32. The van der Waals surface area contributed by atoms with Crippen molar-refractivity contribution >= 4 is 40.3 Å². The number of para-hydroxylation sites is 1. The Bertz CT molecular complexity index is 1440. The first-order valence-corrected chi connectivity index (χ1v) is 12.2. The Kier molecular flexibility index (Phi) is 7.56. The van der Waals surface area contributed by atoms with E-state index in [4.69, 9.17) is 9.72 Å². The molecule has 1 saturated heterocycles. The number of hydrogen-bond donors (Lipinski definition) is 3. The van der Waals surface area contributed by atoms with E-state index in [0.717, 1.165) is 11.3 Å². The average molecular weight is 511 g/mol. The highest BCUT2D eigenvalue weighted by Gasteiger charge is 2.17. The van der Waals surface area contributed by atoms with Gasteiger partial charge in [0.1, 0.15) is 5.82 Å². The molecule has 4 aromatic rings. The third-order valence-corrected chi connectivity index (χ3v) is 5.98. The summed E-state index contributed by atoms with van der Waals surface area (Å²) in [6, 6.07) is 21.9. The monoisotopic (exact) mass is 510 g/mol. The third-order valence-electron chi connectivity index (χ3n) is 5.98. The molecule has 0 bridgehead atoms. The number of morpholine rings is 1. The van der Waals surface area contributed by atoms with Gasteiger partial charge in [-0.05, 0) is 48.5 Å². The molecule has 1 aliphatic heterocycles. The molecule has 38 heavy (non-hydrogen) atoms. The van der Waals surface area contributed by atoms with Crippen molar-refractivity contribution in [1.29, 1.82) is 0 Å². The number of halogens is 1. The number of nitrogens with one attached hydrogen (secondary N) is 3. The molecule has 0 spiro atoms. The molecule has 3 aromatic carbocycles. The van der Waals surface area contributed by atoms with Crippen molar-refractivity contribution in [2.75, 3.05) is 47.2 Å². The van der Waals surface area contributed by atoms with Crippen LogP contribution in [-0.4, -0.2) is 42.2 Å². The maximum atomic E-state index is 14.6. The molecule has 0 atom stereocenters. The zero-order valence-corrected chi connectivity index (χ0v) is 20.7. The predicted molar refractivity (Wildman–Crippen MR) is 149 cm³/mol. The smallest absolute Gasteiger partial charge is 0.247 e. The highest BCUT2D eigenvalue weighted by molar-refractivity contribution is 5.99. The van der Waals surface area contributed by atoms with Gasteiger partial charge in [0.05, 0.1) is 36.5 Å². The van der Waals surface area contributed by atoms with Crippen molar-refractivity contribution < 1.29 is 13.9 Å². The molecule has 1 aromatic heterocycles. The van der Waals surface area contributed by atoms with Gasteiger partial charge in [-0.3, -0.25) is 4.79 Å². The van der Waals surface area contributed by atoms with Gasteiger partial charge in [0.2, 0.25) is 11.9 Å². The minimum atomic E-state index is -0.304. The van der Waals surface area contributed by atoms with Crippen LogP contribution in [0, 0.1) is 5.82 Å². The molecule has 1 amide bonds. The molecular formula is C29H27FN6O2. The van der Waals surface area contributed by atoms with Gasteiger partial charge in [0, 0.05) is 35.7 Å². The lowest BCUT2D eigenvalue weighted by atomic mass is 10.1. The Hall–Kier alpha value is -4.76. The van der Waals surface area contributed by atoms with E-state index in [0.29, 0.717) is 60.7 Å². The molecule has 9 heteroatoms. The van der Waals surface area contributed by atoms with Crippen LogP contribution in [-0.2, 0) is 9.53 Å². The van der Waals surface area contributed by atoms with Crippen LogP contribution in [0.5, 0.6) is 0 Å². The lowest BCUT2D eigenvalue weighted by Gasteiger charge is -2.29. The zero-order valence-electron chi connectivity index (χ0n) is 20.7. The lowest BCUT2D eigenvalue weighted by molar-refractivity contribution is -0.111. The molecule has 3 N–H and O–H groups in total. The summed E-state index contributed by atoms with van der Waals surface area (Å²) in [5, 5.41) is 9.36. The highest BCUT2D eigenvalue weighted by atomic mass is 19.1. The van der Waals surface area contributed by atoms with E-state index in [1.54, 1.807) is 24.4 Å². The molecule has 5 rings (SSSR count). The van der Waals surface area contributed by atoms with E-state index in [1.165, 1.54) is 12.1 Å². The van der Waals surface area contributed by atoms with Crippen molar-refractivity contribution in [2.45, 2.75) is 0 Å². The van der Waals surface area contributed by atoms with Crippen LogP contribution >= 0.6 is 0 Å². The topological polar surface area (TPSA) is 91.4 Å². The number of carbonyl (C=O) groups is 1. The number of benzene rings is 3. The van der Waals surface area contributed by atoms with Crippen LogP contribution in [0.25, 0.3) is 11.3 Å². The summed E-state index contributed by atoms with van der Waals surface area (Å²) >= 11 is 0. The molecule has 1 fully saturated rings. The Labute approximate surface area is 220 Å². The Balaban J connectivity index is 1.48. The molecule has 0 radical (unpaired) electrons. The Morgan fingerprint density at radius 2 is 1.74 bits per heavy atom. The van der Waals surface area contributed by atoms with Gasteiger partial charge in [0.25, 0.3) is 0 Å². The second-order valence-corrected chi connectivity index (χ2v) is 8.61. The van der Waals surface area contributed by atoms with Gasteiger partial charge in [0.15, 0.2) is 0 Å². The third kappa shape index (κ3) is 5.96. The van der Waals surface area contributed by atoms with Gasteiger partial charge in [-0.25, -0.2) is 14.4 Å². The van der Waals surface area contributed by atoms with E-state index in [-0.39, 0.29) is 11.7 Å². The SMILES string of the molecule is C=CC(=O)Nc1cccc(-c2nc(Nc3ccc(F)c(N4CCOCC4)c3)ncc2Nc2ccccc2)c1. The van der Waals surface area contributed by atoms with Crippen LogP contribution in [0.15, 0.2) is 91.6 Å². The van der Waals surface area contributed by atoms with E-state index in [9.17, 15) is 9.18 Å². The van der Waals surface area contributed by atoms with Crippen molar-refractivity contribution in [3.05, 3.63) is 97.5 Å². The fourth-order valence-corrected chi connectivity index (χ4v) is 4.13. The summed E-state index contributed by atoms with van der Waals surface area (Å²) in [6.07, 6.45) is 2.91. The minimum Gasteiger partial charge on any atom is -0.378 e. The maximum absolute atomic E-state index is 14.6. The molecule has 1 aliphatic rings. The summed E-state index contributed by atoms with van der Waals surface area (Å²) in [6.45, 7) is 5.88. The fourth-order valence-electron chi connectivity index (χ4n) is 4.13.